The Labute approximate surface area is 134 Å². The van der Waals surface area contributed by atoms with Crippen molar-refractivity contribution >= 4 is 17.5 Å². The average molecular weight is 310 g/mol. The van der Waals surface area contributed by atoms with Crippen LogP contribution in [0, 0.1) is 13.8 Å². The minimum atomic E-state index is 0.257. The van der Waals surface area contributed by atoms with Crippen LogP contribution in [0.25, 0.3) is 22.5 Å². The molecule has 110 valence electrons. The summed E-state index contributed by atoms with van der Waals surface area (Å²) in [7, 11) is 0. The van der Waals surface area contributed by atoms with E-state index >= 15 is 0 Å². The summed E-state index contributed by atoms with van der Waals surface area (Å²) in [5, 5.41) is 0.669. The molecule has 1 heterocycles. The van der Waals surface area contributed by atoms with Gasteiger partial charge in [0.15, 0.2) is 0 Å². The molecular formula is C18H16ClN3. The van der Waals surface area contributed by atoms with E-state index in [4.69, 9.17) is 17.3 Å². The van der Waals surface area contributed by atoms with Crippen LogP contribution < -0.4 is 5.73 Å². The van der Waals surface area contributed by atoms with E-state index in [0.717, 1.165) is 28.1 Å². The highest BCUT2D eigenvalue weighted by molar-refractivity contribution is 6.30. The maximum atomic E-state index is 6.06. The van der Waals surface area contributed by atoms with Crippen molar-refractivity contribution in [1.29, 1.82) is 0 Å². The fourth-order valence-corrected chi connectivity index (χ4v) is 2.69. The first-order valence-corrected chi connectivity index (χ1v) is 7.39. The van der Waals surface area contributed by atoms with E-state index in [0.29, 0.717) is 5.02 Å². The number of halogens is 1. The van der Waals surface area contributed by atoms with Gasteiger partial charge in [0.1, 0.15) is 0 Å². The van der Waals surface area contributed by atoms with Crippen LogP contribution in [0.4, 0.5) is 5.95 Å². The molecule has 0 aliphatic carbocycles. The number of rotatable bonds is 2. The number of aryl methyl sites for hydroxylation is 2. The molecule has 2 N–H and O–H groups in total. The zero-order valence-electron chi connectivity index (χ0n) is 12.5. The van der Waals surface area contributed by atoms with Gasteiger partial charge >= 0.3 is 0 Å². The number of nitrogen functional groups attached to an aromatic ring is 1. The molecule has 22 heavy (non-hydrogen) atoms. The smallest absolute Gasteiger partial charge is 0.221 e. The third kappa shape index (κ3) is 2.95. The Kier molecular flexibility index (Phi) is 3.82. The zero-order valence-corrected chi connectivity index (χ0v) is 13.2. The number of aromatic nitrogens is 2. The van der Waals surface area contributed by atoms with Gasteiger partial charge in [-0.25, -0.2) is 9.97 Å². The van der Waals surface area contributed by atoms with Crippen LogP contribution >= 0.6 is 11.6 Å². The number of nitrogens with zero attached hydrogens (tertiary/aromatic N) is 2. The van der Waals surface area contributed by atoms with Crippen LogP contribution in [0.5, 0.6) is 0 Å². The molecule has 0 bridgehead atoms. The molecule has 0 aliphatic rings. The summed E-state index contributed by atoms with van der Waals surface area (Å²) >= 11 is 6.06. The predicted octanol–water partition coefficient (Wildman–Crippen LogP) is 4.66. The van der Waals surface area contributed by atoms with Gasteiger partial charge < -0.3 is 5.73 Å². The summed E-state index contributed by atoms with van der Waals surface area (Å²) in [6.45, 7) is 4.14. The highest BCUT2D eigenvalue weighted by Crippen LogP contribution is 2.28. The molecule has 3 aromatic rings. The molecule has 0 aliphatic heterocycles. The molecule has 0 spiro atoms. The number of nitrogens with two attached hydrogens (primary N) is 1. The van der Waals surface area contributed by atoms with Crippen LogP contribution in [-0.2, 0) is 0 Å². The number of anilines is 1. The molecular weight excluding hydrogens is 294 g/mol. The SMILES string of the molecule is Cc1ccc(-c2cc(-c3cccc(Cl)c3)nc(N)n2)c(C)c1. The molecule has 0 amide bonds. The van der Waals surface area contributed by atoms with Crippen molar-refractivity contribution in [3.63, 3.8) is 0 Å². The lowest BCUT2D eigenvalue weighted by Gasteiger charge is -2.09. The second kappa shape index (κ2) is 5.78. The van der Waals surface area contributed by atoms with Crippen molar-refractivity contribution in [1.82, 2.24) is 9.97 Å². The summed E-state index contributed by atoms with van der Waals surface area (Å²) in [4.78, 5) is 8.70. The van der Waals surface area contributed by atoms with Gasteiger partial charge in [-0.2, -0.15) is 0 Å². The van der Waals surface area contributed by atoms with E-state index in [1.807, 2.05) is 30.3 Å². The van der Waals surface area contributed by atoms with E-state index in [9.17, 15) is 0 Å². The van der Waals surface area contributed by atoms with Gasteiger partial charge in [-0.3, -0.25) is 0 Å². The molecule has 0 fully saturated rings. The zero-order chi connectivity index (χ0) is 15.7. The van der Waals surface area contributed by atoms with E-state index < -0.39 is 0 Å². The predicted molar refractivity (Wildman–Crippen MR) is 91.8 cm³/mol. The Bertz CT molecular complexity index is 843. The normalized spacial score (nSPS) is 10.7. The largest absolute Gasteiger partial charge is 0.368 e. The Morgan fingerprint density at radius 3 is 2.41 bits per heavy atom. The van der Waals surface area contributed by atoms with Crippen LogP contribution in [-0.4, -0.2) is 9.97 Å². The first-order valence-electron chi connectivity index (χ1n) is 7.01. The van der Waals surface area contributed by atoms with Crippen molar-refractivity contribution in [3.05, 3.63) is 64.7 Å². The second-order valence-corrected chi connectivity index (χ2v) is 5.76. The van der Waals surface area contributed by atoms with E-state index in [2.05, 4.69) is 42.0 Å². The van der Waals surface area contributed by atoms with E-state index in [-0.39, 0.29) is 5.95 Å². The van der Waals surface area contributed by atoms with Crippen molar-refractivity contribution in [2.24, 2.45) is 0 Å². The van der Waals surface area contributed by atoms with Gasteiger partial charge in [0.25, 0.3) is 0 Å². The van der Waals surface area contributed by atoms with Crippen LogP contribution in [0.1, 0.15) is 11.1 Å². The highest BCUT2D eigenvalue weighted by Gasteiger charge is 2.09. The highest BCUT2D eigenvalue weighted by atomic mass is 35.5. The lowest BCUT2D eigenvalue weighted by atomic mass is 10.0. The molecule has 2 aromatic carbocycles. The van der Waals surface area contributed by atoms with Gasteiger partial charge in [-0.05, 0) is 37.6 Å². The standard InChI is InChI=1S/C18H16ClN3/c1-11-6-7-15(12(2)8-11)17-10-16(21-18(20)22-17)13-4-3-5-14(19)9-13/h3-10H,1-2H3,(H2,20,21,22). The summed E-state index contributed by atoms with van der Waals surface area (Å²) < 4.78 is 0. The third-order valence-electron chi connectivity index (χ3n) is 3.52. The van der Waals surface area contributed by atoms with E-state index in [1.54, 1.807) is 0 Å². The molecule has 3 nitrogen and oxygen atoms in total. The first kappa shape index (κ1) is 14.5. The summed E-state index contributed by atoms with van der Waals surface area (Å²) in [6.07, 6.45) is 0. The molecule has 3 rings (SSSR count). The summed E-state index contributed by atoms with van der Waals surface area (Å²) in [5.41, 5.74) is 11.8. The quantitative estimate of drug-likeness (QED) is 0.749. The monoisotopic (exact) mass is 309 g/mol. The molecule has 4 heteroatoms. The molecule has 0 atom stereocenters. The molecule has 0 saturated carbocycles. The summed E-state index contributed by atoms with van der Waals surface area (Å²) in [6, 6.07) is 15.8. The Hall–Kier alpha value is -2.39. The number of benzene rings is 2. The second-order valence-electron chi connectivity index (χ2n) is 5.33. The van der Waals surface area contributed by atoms with Gasteiger partial charge in [-0.15, -0.1) is 0 Å². The number of hydrogen-bond donors (Lipinski definition) is 1. The van der Waals surface area contributed by atoms with Gasteiger partial charge in [0.2, 0.25) is 5.95 Å². The maximum absolute atomic E-state index is 6.06. The molecule has 1 aromatic heterocycles. The van der Waals surface area contributed by atoms with E-state index in [1.165, 1.54) is 5.56 Å². The average Bonchev–Trinajstić information content (AvgIpc) is 2.46. The van der Waals surface area contributed by atoms with Crippen molar-refractivity contribution in [2.75, 3.05) is 5.73 Å². The fourth-order valence-electron chi connectivity index (χ4n) is 2.50. The van der Waals surface area contributed by atoms with Gasteiger partial charge in [0, 0.05) is 16.1 Å². The molecule has 0 unspecified atom stereocenters. The maximum Gasteiger partial charge on any atom is 0.221 e. The topological polar surface area (TPSA) is 51.8 Å². The lowest BCUT2D eigenvalue weighted by molar-refractivity contribution is 1.19. The van der Waals surface area contributed by atoms with Crippen LogP contribution in [0.3, 0.4) is 0 Å². The minimum Gasteiger partial charge on any atom is -0.368 e. The van der Waals surface area contributed by atoms with Gasteiger partial charge in [-0.1, -0.05) is 47.5 Å². The molecule has 0 saturated heterocycles. The Balaban J connectivity index is 2.14. The Morgan fingerprint density at radius 2 is 1.68 bits per heavy atom. The first-order chi connectivity index (χ1) is 10.5. The van der Waals surface area contributed by atoms with Crippen LogP contribution in [0.15, 0.2) is 48.5 Å². The van der Waals surface area contributed by atoms with Crippen molar-refractivity contribution in [2.45, 2.75) is 13.8 Å². The fraction of sp³-hybridized carbons (Fsp3) is 0.111. The molecule has 0 radical (unpaired) electrons. The van der Waals surface area contributed by atoms with Crippen molar-refractivity contribution < 1.29 is 0 Å². The third-order valence-corrected chi connectivity index (χ3v) is 3.76. The van der Waals surface area contributed by atoms with Crippen LogP contribution in [0.2, 0.25) is 5.02 Å². The van der Waals surface area contributed by atoms with Gasteiger partial charge in [0.05, 0.1) is 11.4 Å². The van der Waals surface area contributed by atoms with Crippen molar-refractivity contribution in [3.8, 4) is 22.5 Å². The Morgan fingerprint density at radius 1 is 0.909 bits per heavy atom. The minimum absolute atomic E-state index is 0.257. The summed E-state index contributed by atoms with van der Waals surface area (Å²) in [5.74, 6) is 0.257. The number of hydrogen-bond acceptors (Lipinski definition) is 3. The lowest BCUT2D eigenvalue weighted by Crippen LogP contribution is -1.99.